The predicted octanol–water partition coefficient (Wildman–Crippen LogP) is -0.00910. The topological polar surface area (TPSA) is 49.4 Å². The Hall–Kier alpha value is -1.06. The number of rotatable bonds is 4. The number of nitrogens with one attached hydrogen (secondary N) is 1. The van der Waals surface area contributed by atoms with Crippen LogP contribution in [-0.4, -0.2) is 36.9 Å². The van der Waals surface area contributed by atoms with Gasteiger partial charge in [0.1, 0.15) is 0 Å². The van der Waals surface area contributed by atoms with Crippen molar-refractivity contribution in [2.75, 3.05) is 20.1 Å². The SMILES string of the molecule is CCNC(=O)CN(C)C(=O)CC. The lowest BCUT2D eigenvalue weighted by atomic mass is 10.4. The third-order valence-electron chi connectivity index (χ3n) is 1.48. The summed E-state index contributed by atoms with van der Waals surface area (Å²) in [5.74, 6) is -0.122. The Morgan fingerprint density at radius 2 is 1.92 bits per heavy atom. The van der Waals surface area contributed by atoms with Crippen molar-refractivity contribution in [3.63, 3.8) is 0 Å². The van der Waals surface area contributed by atoms with E-state index in [0.717, 1.165) is 0 Å². The maximum atomic E-state index is 11.0. The zero-order valence-corrected chi connectivity index (χ0v) is 7.89. The summed E-state index contributed by atoms with van der Waals surface area (Å²) in [6.45, 7) is 4.38. The first kappa shape index (κ1) is 10.9. The third-order valence-corrected chi connectivity index (χ3v) is 1.48. The van der Waals surface area contributed by atoms with E-state index in [0.29, 0.717) is 13.0 Å². The molecule has 12 heavy (non-hydrogen) atoms. The molecule has 0 fully saturated rings. The fourth-order valence-electron chi connectivity index (χ4n) is 0.827. The van der Waals surface area contributed by atoms with Gasteiger partial charge in [-0.2, -0.15) is 0 Å². The number of nitrogens with zero attached hydrogens (tertiary/aromatic N) is 1. The summed E-state index contributed by atoms with van der Waals surface area (Å²) in [5.41, 5.74) is 0. The zero-order valence-electron chi connectivity index (χ0n) is 7.89. The van der Waals surface area contributed by atoms with E-state index in [-0.39, 0.29) is 18.4 Å². The minimum atomic E-state index is -0.109. The van der Waals surface area contributed by atoms with Gasteiger partial charge < -0.3 is 10.2 Å². The molecule has 2 amide bonds. The highest BCUT2D eigenvalue weighted by atomic mass is 16.2. The van der Waals surface area contributed by atoms with Crippen molar-refractivity contribution >= 4 is 11.8 Å². The first-order chi connectivity index (χ1) is 5.61. The molecule has 0 aliphatic heterocycles. The molecule has 0 heterocycles. The predicted molar refractivity (Wildman–Crippen MR) is 46.6 cm³/mol. The Balaban J connectivity index is 3.75. The molecule has 4 nitrogen and oxygen atoms in total. The number of likely N-dealkylation sites (N-methyl/N-ethyl adjacent to an activating group) is 2. The summed E-state index contributed by atoms with van der Waals surface area (Å²) in [4.78, 5) is 23.4. The van der Waals surface area contributed by atoms with Crippen molar-refractivity contribution in [3.05, 3.63) is 0 Å². The smallest absolute Gasteiger partial charge is 0.239 e. The monoisotopic (exact) mass is 172 g/mol. The highest BCUT2D eigenvalue weighted by Gasteiger charge is 2.09. The van der Waals surface area contributed by atoms with Gasteiger partial charge in [0.2, 0.25) is 11.8 Å². The Kier molecular flexibility index (Phi) is 5.08. The lowest BCUT2D eigenvalue weighted by molar-refractivity contribution is -0.134. The van der Waals surface area contributed by atoms with E-state index in [4.69, 9.17) is 0 Å². The van der Waals surface area contributed by atoms with Crippen molar-refractivity contribution in [1.82, 2.24) is 10.2 Å². The number of hydrogen-bond acceptors (Lipinski definition) is 2. The van der Waals surface area contributed by atoms with Crippen molar-refractivity contribution in [2.24, 2.45) is 0 Å². The van der Waals surface area contributed by atoms with Crippen LogP contribution in [0.25, 0.3) is 0 Å². The van der Waals surface area contributed by atoms with Gasteiger partial charge in [-0.15, -0.1) is 0 Å². The molecule has 0 spiro atoms. The maximum Gasteiger partial charge on any atom is 0.239 e. The van der Waals surface area contributed by atoms with Crippen LogP contribution in [0.3, 0.4) is 0 Å². The molecule has 0 aliphatic carbocycles. The van der Waals surface area contributed by atoms with Crippen molar-refractivity contribution in [1.29, 1.82) is 0 Å². The van der Waals surface area contributed by atoms with Crippen molar-refractivity contribution < 1.29 is 9.59 Å². The molecule has 0 saturated carbocycles. The van der Waals surface area contributed by atoms with Crippen molar-refractivity contribution in [2.45, 2.75) is 20.3 Å². The summed E-state index contributed by atoms with van der Waals surface area (Å²) in [5, 5.41) is 2.62. The number of carbonyl (C=O) groups excluding carboxylic acids is 2. The molecule has 1 N–H and O–H groups in total. The molecule has 0 aliphatic rings. The molecule has 70 valence electrons. The highest BCUT2D eigenvalue weighted by molar-refractivity contribution is 5.84. The lowest BCUT2D eigenvalue weighted by Gasteiger charge is -2.14. The molecule has 0 rings (SSSR count). The highest BCUT2D eigenvalue weighted by Crippen LogP contribution is 1.88. The molecule has 0 bridgehead atoms. The van der Waals surface area contributed by atoms with Gasteiger partial charge in [-0.1, -0.05) is 6.92 Å². The van der Waals surface area contributed by atoms with Gasteiger partial charge in [-0.25, -0.2) is 0 Å². The standard InChI is InChI=1S/C8H16N2O2/c1-4-8(12)10(3)6-7(11)9-5-2/h4-6H2,1-3H3,(H,9,11). The van der Waals surface area contributed by atoms with E-state index in [1.54, 1.807) is 14.0 Å². The maximum absolute atomic E-state index is 11.0. The first-order valence-electron chi connectivity index (χ1n) is 4.12. The van der Waals surface area contributed by atoms with Crippen LogP contribution in [0, 0.1) is 0 Å². The van der Waals surface area contributed by atoms with E-state index in [2.05, 4.69) is 5.32 Å². The summed E-state index contributed by atoms with van der Waals surface area (Å²) >= 11 is 0. The Labute approximate surface area is 72.9 Å². The summed E-state index contributed by atoms with van der Waals surface area (Å²) in [6.07, 6.45) is 0.440. The van der Waals surface area contributed by atoms with Gasteiger partial charge in [0.05, 0.1) is 6.54 Å². The Morgan fingerprint density at radius 3 is 2.33 bits per heavy atom. The van der Waals surface area contributed by atoms with Gasteiger partial charge in [0.15, 0.2) is 0 Å². The second-order valence-electron chi connectivity index (χ2n) is 2.56. The summed E-state index contributed by atoms with van der Waals surface area (Å²) in [7, 11) is 1.63. The minimum absolute atomic E-state index is 0.0127. The Bertz CT molecular complexity index is 168. The second-order valence-corrected chi connectivity index (χ2v) is 2.56. The fourth-order valence-corrected chi connectivity index (χ4v) is 0.827. The first-order valence-corrected chi connectivity index (χ1v) is 4.12. The molecule has 0 atom stereocenters. The third kappa shape index (κ3) is 3.95. The van der Waals surface area contributed by atoms with E-state index in [1.165, 1.54) is 4.90 Å². The lowest BCUT2D eigenvalue weighted by Crippen LogP contribution is -2.37. The number of amides is 2. The molecular formula is C8H16N2O2. The molecule has 0 aromatic rings. The number of hydrogen-bond donors (Lipinski definition) is 1. The average Bonchev–Trinajstić information content (AvgIpc) is 2.03. The van der Waals surface area contributed by atoms with Crippen molar-refractivity contribution in [3.8, 4) is 0 Å². The average molecular weight is 172 g/mol. The number of carbonyl (C=O) groups is 2. The fraction of sp³-hybridized carbons (Fsp3) is 0.750. The van der Waals surface area contributed by atoms with Crippen LogP contribution < -0.4 is 5.32 Å². The quantitative estimate of drug-likeness (QED) is 0.648. The molecule has 0 radical (unpaired) electrons. The van der Waals surface area contributed by atoms with E-state index >= 15 is 0 Å². The van der Waals surface area contributed by atoms with Gasteiger partial charge in [0, 0.05) is 20.0 Å². The van der Waals surface area contributed by atoms with Gasteiger partial charge in [-0.05, 0) is 6.92 Å². The minimum Gasteiger partial charge on any atom is -0.355 e. The van der Waals surface area contributed by atoms with Gasteiger partial charge in [0.25, 0.3) is 0 Å². The van der Waals surface area contributed by atoms with E-state index < -0.39 is 0 Å². The van der Waals surface area contributed by atoms with Crippen LogP contribution in [0.15, 0.2) is 0 Å². The van der Waals surface area contributed by atoms with Crippen LogP contribution in [0.4, 0.5) is 0 Å². The van der Waals surface area contributed by atoms with Gasteiger partial charge >= 0.3 is 0 Å². The van der Waals surface area contributed by atoms with Crippen LogP contribution in [0.1, 0.15) is 20.3 Å². The summed E-state index contributed by atoms with van der Waals surface area (Å²) in [6, 6.07) is 0. The van der Waals surface area contributed by atoms with E-state index in [9.17, 15) is 9.59 Å². The van der Waals surface area contributed by atoms with Crippen LogP contribution >= 0.6 is 0 Å². The van der Waals surface area contributed by atoms with Crippen LogP contribution in [0.5, 0.6) is 0 Å². The van der Waals surface area contributed by atoms with Gasteiger partial charge in [-0.3, -0.25) is 9.59 Å². The molecule has 0 aromatic heterocycles. The zero-order chi connectivity index (χ0) is 9.56. The molecule has 0 aromatic carbocycles. The molecule has 0 saturated heterocycles. The normalized spacial score (nSPS) is 9.25. The van der Waals surface area contributed by atoms with Crippen LogP contribution in [-0.2, 0) is 9.59 Å². The van der Waals surface area contributed by atoms with Crippen LogP contribution in [0.2, 0.25) is 0 Å². The molecule has 0 unspecified atom stereocenters. The largest absolute Gasteiger partial charge is 0.355 e. The Morgan fingerprint density at radius 1 is 1.33 bits per heavy atom. The summed E-state index contributed by atoms with van der Waals surface area (Å²) < 4.78 is 0. The molecular weight excluding hydrogens is 156 g/mol. The molecule has 4 heteroatoms. The second kappa shape index (κ2) is 5.57. The van der Waals surface area contributed by atoms with E-state index in [1.807, 2.05) is 6.92 Å².